The zero-order valence-corrected chi connectivity index (χ0v) is 18.7. The van der Waals surface area contributed by atoms with E-state index in [1.165, 1.54) is 19.2 Å². The smallest absolute Gasteiger partial charge is 0.335 e. The van der Waals surface area contributed by atoms with E-state index in [2.05, 4.69) is 21.9 Å². The average molecular weight is 502 g/mol. The molecule has 0 saturated carbocycles. The highest BCUT2D eigenvalue weighted by Gasteiger charge is 2.34. The number of halogens is 1. The molecule has 0 aromatic heterocycles. The lowest BCUT2D eigenvalue weighted by molar-refractivity contribution is -0.122. The van der Waals surface area contributed by atoms with Crippen molar-refractivity contribution in [2.75, 3.05) is 13.7 Å². The number of imide groups is 1. The Kier molecular flexibility index (Phi) is 7.05. The predicted octanol–water partition coefficient (Wildman–Crippen LogP) is 4.40. The van der Waals surface area contributed by atoms with Crippen LogP contribution in [-0.2, 0) is 11.4 Å². The molecule has 0 unspecified atom stereocenters. The quantitative estimate of drug-likeness (QED) is 0.443. The number of amides is 2. The van der Waals surface area contributed by atoms with Crippen LogP contribution in [0.15, 0.2) is 45.8 Å². The van der Waals surface area contributed by atoms with Crippen LogP contribution < -0.4 is 9.47 Å². The van der Waals surface area contributed by atoms with Crippen LogP contribution in [0.4, 0.5) is 4.79 Å². The van der Waals surface area contributed by atoms with Crippen LogP contribution in [0.1, 0.15) is 21.5 Å². The molecule has 1 N–H and O–H groups in total. The third-order valence-corrected chi connectivity index (χ3v) is 5.73. The Morgan fingerprint density at radius 1 is 1.32 bits per heavy atom. The first-order chi connectivity index (χ1) is 14.8. The van der Waals surface area contributed by atoms with Gasteiger partial charge in [0, 0.05) is 0 Å². The summed E-state index contributed by atoms with van der Waals surface area (Å²) in [7, 11) is 1.48. The Bertz CT molecular complexity index is 1140. The van der Waals surface area contributed by atoms with E-state index in [4.69, 9.17) is 21.0 Å². The van der Waals surface area contributed by atoms with Gasteiger partial charge >= 0.3 is 5.97 Å². The zero-order chi connectivity index (χ0) is 22.5. The number of carbonyl (C=O) groups excluding carboxylic acids is 2. The van der Waals surface area contributed by atoms with Gasteiger partial charge in [0.05, 0.1) is 28.6 Å². The van der Waals surface area contributed by atoms with Crippen molar-refractivity contribution in [1.29, 1.82) is 0 Å². The Labute approximate surface area is 191 Å². The number of carbonyl (C=O) groups is 3. The van der Waals surface area contributed by atoms with Crippen molar-refractivity contribution in [3.05, 3.63) is 62.5 Å². The Morgan fingerprint density at radius 2 is 2.10 bits per heavy atom. The highest BCUT2D eigenvalue weighted by Crippen LogP contribution is 2.39. The molecular formula is C22H16BrNO6S. The molecule has 7 nitrogen and oxygen atoms in total. The molecule has 31 heavy (non-hydrogen) atoms. The molecule has 1 aliphatic rings. The molecule has 0 aliphatic carbocycles. The number of carboxylic acid groups (broad SMARTS) is 1. The minimum Gasteiger partial charge on any atom is -0.493 e. The van der Waals surface area contributed by atoms with Crippen molar-refractivity contribution < 1.29 is 29.0 Å². The van der Waals surface area contributed by atoms with Gasteiger partial charge in [0.15, 0.2) is 11.5 Å². The van der Waals surface area contributed by atoms with Crippen LogP contribution >= 0.6 is 27.7 Å². The lowest BCUT2D eigenvalue weighted by Gasteiger charge is -2.14. The number of rotatable bonds is 7. The van der Waals surface area contributed by atoms with Crippen molar-refractivity contribution in [1.82, 2.24) is 4.90 Å². The first-order valence-corrected chi connectivity index (χ1v) is 10.5. The number of hydrogen-bond acceptors (Lipinski definition) is 6. The Hall–Kier alpha value is -3.22. The number of ether oxygens (including phenoxy) is 2. The van der Waals surface area contributed by atoms with Crippen LogP contribution in [0.5, 0.6) is 11.5 Å². The third kappa shape index (κ3) is 5.10. The second-order valence-corrected chi connectivity index (χ2v) is 8.15. The summed E-state index contributed by atoms with van der Waals surface area (Å²) in [5.74, 6) is 1.65. The molecule has 2 aromatic rings. The van der Waals surface area contributed by atoms with E-state index in [9.17, 15) is 14.4 Å². The first-order valence-electron chi connectivity index (χ1n) is 8.85. The summed E-state index contributed by atoms with van der Waals surface area (Å²) in [6.07, 6.45) is 6.79. The standard InChI is InChI=1S/C22H16BrNO6S/c1-3-7-24-20(25)18(31-22(24)28)11-14-9-16(23)19(17(10-14)29-2)30-12-13-5-4-6-15(8-13)21(26)27/h1,4-6,8-11H,7,12H2,2H3,(H,26,27)/b18-11+. The minimum atomic E-state index is -1.02. The normalized spacial score (nSPS) is 14.6. The van der Waals surface area contributed by atoms with Crippen LogP contribution in [0.3, 0.4) is 0 Å². The molecule has 1 aliphatic heterocycles. The van der Waals surface area contributed by atoms with Gasteiger partial charge in [-0.1, -0.05) is 18.1 Å². The van der Waals surface area contributed by atoms with Crippen molar-refractivity contribution in [3.63, 3.8) is 0 Å². The number of carboxylic acids is 1. The van der Waals surface area contributed by atoms with Gasteiger partial charge in [-0.15, -0.1) is 6.42 Å². The highest BCUT2D eigenvalue weighted by atomic mass is 79.9. The fraction of sp³-hybridized carbons (Fsp3) is 0.136. The second-order valence-electron chi connectivity index (χ2n) is 6.30. The summed E-state index contributed by atoms with van der Waals surface area (Å²) in [6, 6.07) is 9.83. The van der Waals surface area contributed by atoms with Gasteiger partial charge in [-0.3, -0.25) is 14.5 Å². The molecule has 0 spiro atoms. The molecule has 158 valence electrons. The summed E-state index contributed by atoms with van der Waals surface area (Å²) in [5.41, 5.74) is 1.47. The molecular weight excluding hydrogens is 486 g/mol. The van der Waals surface area contributed by atoms with Gasteiger partial charge in [-0.05, 0) is 69.2 Å². The summed E-state index contributed by atoms with van der Waals surface area (Å²) in [5, 5.41) is 8.70. The molecule has 0 atom stereocenters. The average Bonchev–Trinajstić information content (AvgIpc) is 3.00. The maximum Gasteiger partial charge on any atom is 0.335 e. The lowest BCUT2D eigenvalue weighted by Crippen LogP contribution is -2.28. The second kappa shape index (κ2) is 9.73. The fourth-order valence-corrected chi connectivity index (χ4v) is 4.20. The number of terminal acetylenes is 1. The number of hydrogen-bond donors (Lipinski definition) is 1. The maximum absolute atomic E-state index is 12.4. The third-order valence-electron chi connectivity index (χ3n) is 4.23. The van der Waals surface area contributed by atoms with Crippen LogP contribution in [0.25, 0.3) is 6.08 Å². The molecule has 1 saturated heterocycles. The molecule has 3 rings (SSSR count). The number of benzene rings is 2. The molecule has 2 aromatic carbocycles. The van der Waals surface area contributed by atoms with E-state index in [1.54, 1.807) is 30.3 Å². The van der Waals surface area contributed by atoms with Crippen LogP contribution in [-0.4, -0.2) is 40.8 Å². The number of thioether (sulfide) groups is 1. The summed E-state index contributed by atoms with van der Waals surface area (Å²) in [4.78, 5) is 36.7. The van der Waals surface area contributed by atoms with Gasteiger partial charge in [0.25, 0.3) is 11.1 Å². The number of aromatic carboxylic acids is 1. The highest BCUT2D eigenvalue weighted by molar-refractivity contribution is 9.10. The van der Waals surface area contributed by atoms with Gasteiger partial charge < -0.3 is 14.6 Å². The van der Waals surface area contributed by atoms with Gasteiger partial charge in [-0.2, -0.15) is 0 Å². The van der Waals surface area contributed by atoms with E-state index in [0.717, 1.165) is 16.7 Å². The van der Waals surface area contributed by atoms with E-state index < -0.39 is 17.1 Å². The van der Waals surface area contributed by atoms with Crippen molar-refractivity contribution in [3.8, 4) is 23.8 Å². The minimum absolute atomic E-state index is 0.0785. The van der Waals surface area contributed by atoms with Crippen LogP contribution in [0.2, 0.25) is 0 Å². The zero-order valence-electron chi connectivity index (χ0n) is 16.3. The van der Waals surface area contributed by atoms with Gasteiger partial charge in [0.2, 0.25) is 0 Å². The monoisotopic (exact) mass is 501 g/mol. The van der Waals surface area contributed by atoms with E-state index >= 15 is 0 Å². The van der Waals surface area contributed by atoms with E-state index in [1.807, 2.05) is 0 Å². The number of methoxy groups -OCH3 is 1. The van der Waals surface area contributed by atoms with Crippen LogP contribution in [0, 0.1) is 12.3 Å². The Balaban J connectivity index is 1.83. The topological polar surface area (TPSA) is 93.1 Å². The largest absolute Gasteiger partial charge is 0.493 e. The van der Waals surface area contributed by atoms with Gasteiger partial charge in [-0.25, -0.2) is 4.79 Å². The summed E-state index contributed by atoms with van der Waals surface area (Å²) >= 11 is 4.26. The molecule has 2 amide bonds. The predicted molar refractivity (Wildman–Crippen MR) is 120 cm³/mol. The van der Waals surface area contributed by atoms with Crippen molar-refractivity contribution in [2.45, 2.75) is 6.61 Å². The summed E-state index contributed by atoms with van der Waals surface area (Å²) < 4.78 is 11.8. The lowest BCUT2D eigenvalue weighted by atomic mass is 10.1. The van der Waals surface area contributed by atoms with Crippen molar-refractivity contribution in [2.24, 2.45) is 0 Å². The SMILES string of the molecule is C#CCN1C(=O)S/C(=C/c2cc(Br)c(OCc3cccc(C(=O)O)c3)c(OC)c2)C1=O. The fourth-order valence-electron chi connectivity index (χ4n) is 2.79. The first kappa shape index (κ1) is 22.5. The molecule has 0 radical (unpaired) electrons. The molecule has 9 heteroatoms. The van der Waals surface area contributed by atoms with Crippen molar-refractivity contribution >= 4 is 50.9 Å². The summed E-state index contributed by atoms with van der Waals surface area (Å²) in [6.45, 7) is 0.0469. The van der Waals surface area contributed by atoms with E-state index in [-0.39, 0.29) is 23.6 Å². The molecule has 1 fully saturated rings. The van der Waals surface area contributed by atoms with E-state index in [0.29, 0.717) is 27.1 Å². The van der Waals surface area contributed by atoms with Gasteiger partial charge in [0.1, 0.15) is 6.61 Å². The number of nitrogens with zero attached hydrogens (tertiary/aromatic N) is 1. The molecule has 0 bridgehead atoms. The maximum atomic E-state index is 12.4. The Morgan fingerprint density at radius 3 is 2.77 bits per heavy atom. The molecule has 1 heterocycles.